The van der Waals surface area contributed by atoms with Crippen molar-refractivity contribution in [1.29, 1.82) is 0 Å². The average Bonchev–Trinajstić information content (AvgIpc) is 1.73. The molecule has 0 unspecified atom stereocenters. The number of phenols is 24. The van der Waals surface area contributed by atoms with Gasteiger partial charge in [-0.1, -0.05) is 6.07 Å². The highest BCUT2D eigenvalue weighted by Gasteiger charge is 2.43. The molecule has 117 heavy (non-hydrogen) atoms. The molecule has 0 fully saturated rings. The van der Waals surface area contributed by atoms with E-state index in [-0.39, 0.29) is 144 Å². The van der Waals surface area contributed by atoms with Crippen LogP contribution in [0.1, 0.15) is 100.0 Å². The van der Waals surface area contributed by atoms with E-state index >= 15 is 0 Å². The Morgan fingerprint density at radius 3 is 0.957 bits per heavy atom. The molecule has 0 bridgehead atoms. The highest BCUT2D eigenvalue weighted by Crippen LogP contribution is 2.52. The molecule has 0 amide bonds. The summed E-state index contributed by atoms with van der Waals surface area (Å²) in [6.07, 6.45) is -10.9. The van der Waals surface area contributed by atoms with E-state index in [1.54, 1.807) is 0 Å². The number of ether oxygens (including phenoxy) is 7. The van der Waals surface area contributed by atoms with Gasteiger partial charge in [-0.3, -0.25) is 4.79 Å². The molecule has 4 heterocycles. The Kier molecular flexibility index (Phi) is 20.6. The number of hydrogen-bond donors (Lipinski definition) is 26. The van der Waals surface area contributed by atoms with E-state index in [0.717, 1.165) is 91.0 Å². The van der Waals surface area contributed by atoms with Crippen LogP contribution in [0.2, 0.25) is 0 Å². The van der Waals surface area contributed by atoms with E-state index in [2.05, 4.69) is 0 Å². The van der Waals surface area contributed by atoms with Crippen LogP contribution >= 0.6 is 0 Å². The smallest absolute Gasteiger partial charge is 0.338 e. The zero-order chi connectivity index (χ0) is 84.5. The lowest BCUT2D eigenvalue weighted by atomic mass is 9.90. The lowest BCUT2D eigenvalue weighted by Gasteiger charge is -2.34. The van der Waals surface area contributed by atoms with Crippen LogP contribution in [0.4, 0.5) is 0 Å². The number of carbonyl (C=O) groups excluding carboxylic acids is 3. The molecule has 37 heteroatoms. The first kappa shape index (κ1) is 79.0. The maximum absolute atomic E-state index is 13.6. The van der Waals surface area contributed by atoms with E-state index < -0.39 is 187 Å². The number of aliphatic hydroxyl groups is 1. The fraction of sp³-hybridized carbons (Fsp3) is 0.150. The first-order chi connectivity index (χ1) is 55.3. The monoisotopic (exact) mass is 1620 g/mol. The van der Waals surface area contributed by atoms with Gasteiger partial charge in [-0.15, -0.1) is 0 Å². The zero-order valence-corrected chi connectivity index (χ0v) is 59.3. The second-order valence-electron chi connectivity index (χ2n) is 27.0. The topological polar surface area (TPSA) is 659 Å². The second kappa shape index (κ2) is 30.5. The molecule has 11 aromatic carbocycles. The summed E-state index contributed by atoms with van der Waals surface area (Å²) in [5, 5.41) is 260. The zero-order valence-electron chi connectivity index (χ0n) is 59.3. The molecule has 0 aromatic heterocycles. The van der Waals surface area contributed by atoms with Crippen LogP contribution in [0.25, 0.3) is 10.8 Å². The fourth-order valence-corrected chi connectivity index (χ4v) is 13.6. The average molecular weight is 1620 g/mol. The summed E-state index contributed by atoms with van der Waals surface area (Å²) in [5.74, 6) is -18.7. The molecule has 4 aliphatic heterocycles. The van der Waals surface area contributed by atoms with Gasteiger partial charge in [0.05, 0.1) is 28.2 Å². The third-order valence-corrected chi connectivity index (χ3v) is 19.2. The minimum Gasteiger partial charge on any atom is -0.508 e. The van der Waals surface area contributed by atoms with E-state index in [4.69, 9.17) is 33.2 Å². The Morgan fingerprint density at radius 2 is 0.581 bits per heavy atom. The number of aromatic hydroxyl groups is 25. The van der Waals surface area contributed by atoms with Gasteiger partial charge in [0.2, 0.25) is 5.43 Å². The normalized spacial score (nSPS) is 18.1. The predicted octanol–water partition coefficient (Wildman–Crippen LogP) is 7.96. The van der Waals surface area contributed by atoms with Crippen LogP contribution in [0.15, 0.2) is 138 Å². The van der Waals surface area contributed by atoms with Crippen LogP contribution in [0, 0.1) is 0 Å². The number of rotatable bonds is 10. The Morgan fingerprint density at radius 1 is 0.282 bits per heavy atom. The third kappa shape index (κ3) is 15.5. The maximum Gasteiger partial charge on any atom is 0.338 e. The summed E-state index contributed by atoms with van der Waals surface area (Å²) >= 11 is 0. The first-order valence-electron chi connectivity index (χ1n) is 34.2. The molecule has 0 saturated heterocycles. The molecule has 8 atom stereocenters. The van der Waals surface area contributed by atoms with Gasteiger partial charge >= 0.3 is 17.9 Å². The van der Waals surface area contributed by atoms with Crippen molar-refractivity contribution >= 4 is 28.7 Å². The van der Waals surface area contributed by atoms with Crippen molar-refractivity contribution in [2.45, 2.75) is 74.5 Å². The van der Waals surface area contributed by atoms with E-state index in [1.165, 1.54) is 42.5 Å². The van der Waals surface area contributed by atoms with Crippen molar-refractivity contribution in [2.24, 2.45) is 0 Å². The number of aliphatic hydroxyl groups excluding tert-OH is 1. The lowest BCUT2D eigenvalue weighted by Crippen LogP contribution is -2.35. The molecular formula is C80H64O37. The second-order valence-corrected chi connectivity index (χ2v) is 27.0. The number of hydrogen-bond acceptors (Lipinski definition) is 37. The molecule has 26 N–H and O–H groups in total. The standard InChI is InChI=1S/C36H28O16.C22H18O11.C22H18O10/c37-14-5-20(39)18-10-26(45)34(50-27(18)7-14)12-1-16-17(9-25(44)33(48)30(16)32(47)24(43)2-12)35-29(11-19-21(40)6-15(38)8-28(19)51-35)52-36(49)13-3-22(41)31(46)23(42)4-13;23-10-5-12(24)11-7-18(33-22(31)9-3-15(27)20(30)16(28)4-9)21(32-17(11)6-10)8-1-13(25)19(29)14(26)2-8;23-11-6-14(25)12-8-19(32-22(30)10-4-16(27)20(29)17(28)5-10)21(31-18(12)7-11)9-1-2-13(24)15(26)3-9/h1-9,26,29,34-35,37-42,44-46,48H,10-11H2,(H,43,47);1-6,18,21,23-30H,7H2;1-7,19,21,23-29H,8H2/t26-,29-,34-,35-;18-,21-;19-,21-/m111/s1. The van der Waals surface area contributed by atoms with Gasteiger partial charge in [-0.2, -0.15) is 0 Å². The van der Waals surface area contributed by atoms with E-state index in [1.807, 2.05) is 0 Å². The highest BCUT2D eigenvalue weighted by atomic mass is 16.6. The number of carbonyl (C=O) groups is 3. The summed E-state index contributed by atoms with van der Waals surface area (Å²) in [7, 11) is 0. The van der Waals surface area contributed by atoms with Gasteiger partial charge in [-0.05, 0) is 89.8 Å². The van der Waals surface area contributed by atoms with Crippen molar-refractivity contribution in [3.8, 4) is 167 Å². The summed E-state index contributed by atoms with van der Waals surface area (Å²) in [5.41, 5.74) is -1.29. The minimum absolute atomic E-state index is 0.0173. The summed E-state index contributed by atoms with van der Waals surface area (Å²) in [6, 6.07) is 23.4. The van der Waals surface area contributed by atoms with Crippen molar-refractivity contribution in [3.05, 3.63) is 205 Å². The first-order valence-corrected chi connectivity index (χ1v) is 34.2. The number of phenolic OH excluding ortho intramolecular Hbond substituents is 24. The SMILES string of the molecule is O=C(O[C@@H]1Cc2c(O)cc(O)cc2O[C@@H]1c1cc(O)c(O)c(O)c1)c1cc(O)c(O)c(O)c1.O=C(O[C@@H]1Cc2c(O)cc(O)cc2O[C@@H]1c1cc(O)c(O)c2c(=O)c(O)cc([C@H]3Oc4cc(O)cc(O)c4C[C@H]3O)cc12)c1cc(O)c(O)c(O)c1.O=C(O[C@@H]1Cc2c(O)cc(O)cc2O[C@@H]1c1ccc(O)c(O)c1)c1cc(O)c(O)c(O)c1. The Labute approximate surface area is 652 Å². The van der Waals surface area contributed by atoms with Gasteiger partial charge < -0.3 is 166 Å². The number of esters is 3. The molecule has 0 radical (unpaired) electrons. The Balaban J connectivity index is 0.000000160. The van der Waals surface area contributed by atoms with Gasteiger partial charge in [0, 0.05) is 113 Å². The molecule has 37 nitrogen and oxygen atoms in total. The fourth-order valence-electron chi connectivity index (χ4n) is 13.6. The van der Waals surface area contributed by atoms with E-state index in [9.17, 15) is 152 Å². The molecular weight excluding hydrogens is 1550 g/mol. The van der Waals surface area contributed by atoms with Gasteiger partial charge in [0.1, 0.15) is 93.4 Å². The summed E-state index contributed by atoms with van der Waals surface area (Å²) in [4.78, 5) is 52.4. The lowest BCUT2D eigenvalue weighted by molar-refractivity contribution is -0.0192. The Hall–Kier alpha value is -16.1. The molecule has 15 rings (SSSR count). The molecule has 4 aliphatic rings. The van der Waals surface area contributed by atoms with Gasteiger partial charge in [-0.25, -0.2) is 14.4 Å². The molecule has 0 spiro atoms. The largest absolute Gasteiger partial charge is 0.508 e. The highest BCUT2D eigenvalue weighted by molar-refractivity contribution is 5.95. The van der Waals surface area contributed by atoms with E-state index in [0.29, 0.717) is 5.56 Å². The predicted molar refractivity (Wildman–Crippen MR) is 392 cm³/mol. The molecule has 11 aromatic rings. The minimum atomic E-state index is -1.53. The van der Waals surface area contributed by atoms with Crippen molar-refractivity contribution in [3.63, 3.8) is 0 Å². The van der Waals surface area contributed by atoms with Crippen LogP contribution in [-0.2, 0) is 39.9 Å². The van der Waals surface area contributed by atoms with Crippen molar-refractivity contribution in [2.75, 3.05) is 0 Å². The maximum atomic E-state index is 13.6. The van der Waals surface area contributed by atoms with Gasteiger partial charge in [0.15, 0.2) is 116 Å². The quantitative estimate of drug-likeness (QED) is 0.0350. The Bertz CT molecular complexity index is 5890. The van der Waals surface area contributed by atoms with Crippen molar-refractivity contribution in [1.82, 2.24) is 0 Å². The molecule has 0 aliphatic carbocycles. The molecule has 606 valence electrons. The van der Waals surface area contributed by atoms with Gasteiger partial charge in [0.25, 0.3) is 0 Å². The van der Waals surface area contributed by atoms with Crippen LogP contribution in [0.5, 0.6) is 167 Å². The number of benzene rings is 10. The number of fused-ring (bicyclic) bond motifs is 5. The van der Waals surface area contributed by atoms with Crippen molar-refractivity contribution < 1.29 is 180 Å². The third-order valence-electron chi connectivity index (χ3n) is 19.2. The van der Waals surface area contributed by atoms with Crippen LogP contribution in [0.3, 0.4) is 0 Å². The van der Waals surface area contributed by atoms with Crippen LogP contribution < -0.4 is 24.4 Å². The summed E-state index contributed by atoms with van der Waals surface area (Å²) in [6.45, 7) is 0. The summed E-state index contributed by atoms with van der Waals surface area (Å²) < 4.78 is 40.5. The van der Waals surface area contributed by atoms with Crippen LogP contribution in [-0.4, -0.2) is 175 Å². The molecule has 0 saturated carbocycles.